The van der Waals surface area contributed by atoms with E-state index in [4.69, 9.17) is 16.3 Å². The standard InChI is InChI=1S/C23H22ClN3O4S/c1-31-22-13-8-16(19-5-2-3-6-20(19)22)15-25-26-23(28)21-7-4-14-27(21)32(29,30)18-11-9-17(24)10-12-18/h2-3,5-6,8-13,15,21H,4,7,14H2,1H3,(H,26,28)/b25-15-/t21-/m1/s1. The van der Waals surface area contributed by atoms with Gasteiger partial charge in [0.05, 0.1) is 18.2 Å². The quantitative estimate of drug-likeness (QED) is 0.437. The summed E-state index contributed by atoms with van der Waals surface area (Å²) in [6.45, 7) is 0.274. The largest absolute Gasteiger partial charge is 0.496 e. The molecular weight excluding hydrogens is 450 g/mol. The number of nitrogens with zero attached hydrogens (tertiary/aromatic N) is 2. The summed E-state index contributed by atoms with van der Waals surface area (Å²) >= 11 is 5.87. The molecule has 0 saturated carbocycles. The van der Waals surface area contributed by atoms with Gasteiger partial charge in [-0.2, -0.15) is 9.41 Å². The monoisotopic (exact) mass is 471 g/mol. The molecule has 32 heavy (non-hydrogen) atoms. The van der Waals surface area contributed by atoms with E-state index in [0.717, 1.165) is 22.1 Å². The number of methoxy groups -OCH3 is 1. The van der Waals surface area contributed by atoms with Gasteiger partial charge in [0.1, 0.15) is 11.8 Å². The van der Waals surface area contributed by atoms with Crippen LogP contribution >= 0.6 is 11.6 Å². The Hall–Kier alpha value is -2.94. The molecule has 1 saturated heterocycles. The molecule has 9 heteroatoms. The lowest BCUT2D eigenvalue weighted by atomic mass is 10.0. The predicted octanol–water partition coefficient (Wildman–Crippen LogP) is 3.81. The third kappa shape index (κ3) is 4.34. The van der Waals surface area contributed by atoms with Gasteiger partial charge in [0.2, 0.25) is 10.0 Å². The van der Waals surface area contributed by atoms with Gasteiger partial charge in [0.15, 0.2) is 0 Å². The number of carbonyl (C=O) groups is 1. The van der Waals surface area contributed by atoms with E-state index in [9.17, 15) is 13.2 Å². The van der Waals surface area contributed by atoms with Crippen molar-refractivity contribution in [2.24, 2.45) is 5.10 Å². The molecule has 166 valence electrons. The van der Waals surface area contributed by atoms with Crippen LogP contribution in [0.15, 0.2) is 70.7 Å². The molecule has 4 rings (SSSR count). The fraction of sp³-hybridized carbons (Fsp3) is 0.217. The van der Waals surface area contributed by atoms with Crippen LogP contribution in [0.2, 0.25) is 5.02 Å². The number of ether oxygens (including phenoxy) is 1. The smallest absolute Gasteiger partial charge is 0.258 e. The molecule has 1 fully saturated rings. The van der Waals surface area contributed by atoms with E-state index in [2.05, 4.69) is 10.5 Å². The topological polar surface area (TPSA) is 88.1 Å². The summed E-state index contributed by atoms with van der Waals surface area (Å²) in [5.41, 5.74) is 3.31. The summed E-state index contributed by atoms with van der Waals surface area (Å²) in [5, 5.41) is 6.39. The number of halogens is 1. The van der Waals surface area contributed by atoms with Gasteiger partial charge < -0.3 is 4.74 Å². The number of hydrogen-bond donors (Lipinski definition) is 1. The minimum Gasteiger partial charge on any atom is -0.496 e. The Labute approximate surface area is 191 Å². The molecule has 1 amide bonds. The van der Waals surface area contributed by atoms with Crippen LogP contribution in [0.4, 0.5) is 0 Å². The van der Waals surface area contributed by atoms with E-state index in [1.54, 1.807) is 13.3 Å². The maximum Gasteiger partial charge on any atom is 0.258 e. The Kier molecular flexibility index (Phi) is 6.45. The van der Waals surface area contributed by atoms with Crippen molar-refractivity contribution in [3.8, 4) is 5.75 Å². The van der Waals surface area contributed by atoms with Crippen molar-refractivity contribution in [3.05, 3.63) is 71.2 Å². The highest BCUT2D eigenvalue weighted by atomic mass is 35.5. The average Bonchev–Trinajstić information content (AvgIpc) is 3.30. The molecule has 3 aromatic rings. The van der Waals surface area contributed by atoms with Crippen molar-refractivity contribution >= 4 is 44.5 Å². The zero-order valence-electron chi connectivity index (χ0n) is 17.4. The number of fused-ring (bicyclic) bond motifs is 1. The summed E-state index contributed by atoms with van der Waals surface area (Å²) in [6, 6.07) is 16.5. The lowest BCUT2D eigenvalue weighted by Gasteiger charge is -2.22. The van der Waals surface area contributed by atoms with E-state index in [-0.39, 0.29) is 11.4 Å². The minimum absolute atomic E-state index is 0.106. The fourth-order valence-corrected chi connectivity index (χ4v) is 5.64. The second-order valence-electron chi connectivity index (χ2n) is 7.36. The van der Waals surface area contributed by atoms with Crippen LogP contribution in [0.3, 0.4) is 0 Å². The maximum absolute atomic E-state index is 13.0. The summed E-state index contributed by atoms with van der Waals surface area (Å²) in [6.07, 6.45) is 2.57. The number of hydrogen-bond acceptors (Lipinski definition) is 5. The highest BCUT2D eigenvalue weighted by Crippen LogP contribution is 2.28. The first-order valence-electron chi connectivity index (χ1n) is 10.1. The number of benzene rings is 3. The summed E-state index contributed by atoms with van der Waals surface area (Å²) in [5.74, 6) is 0.282. The number of nitrogens with one attached hydrogen (secondary N) is 1. The number of carbonyl (C=O) groups excluding carboxylic acids is 1. The van der Waals surface area contributed by atoms with E-state index >= 15 is 0 Å². The van der Waals surface area contributed by atoms with Gasteiger partial charge in [0.25, 0.3) is 5.91 Å². The van der Waals surface area contributed by atoms with Crippen LogP contribution < -0.4 is 10.2 Å². The maximum atomic E-state index is 13.0. The molecule has 1 N–H and O–H groups in total. The highest BCUT2D eigenvalue weighted by molar-refractivity contribution is 7.89. The van der Waals surface area contributed by atoms with E-state index in [1.807, 2.05) is 36.4 Å². The molecule has 1 atom stereocenters. The van der Waals surface area contributed by atoms with Crippen molar-refractivity contribution in [1.82, 2.24) is 9.73 Å². The zero-order valence-corrected chi connectivity index (χ0v) is 18.9. The number of hydrazone groups is 1. The molecule has 7 nitrogen and oxygen atoms in total. The SMILES string of the molecule is COc1ccc(/C=N\NC(=O)[C@H]2CCCN2S(=O)(=O)c2ccc(Cl)cc2)c2ccccc12. The summed E-state index contributed by atoms with van der Waals surface area (Å²) < 4.78 is 32.7. The molecule has 0 unspecified atom stereocenters. The van der Waals surface area contributed by atoms with Crippen molar-refractivity contribution in [2.75, 3.05) is 13.7 Å². The molecule has 0 aliphatic carbocycles. The third-order valence-electron chi connectivity index (χ3n) is 5.44. The molecule has 3 aromatic carbocycles. The highest BCUT2D eigenvalue weighted by Gasteiger charge is 2.39. The number of sulfonamides is 1. The van der Waals surface area contributed by atoms with Crippen LogP contribution in [-0.4, -0.2) is 44.5 Å². The van der Waals surface area contributed by atoms with Gasteiger partial charge in [-0.3, -0.25) is 4.79 Å². The predicted molar refractivity (Wildman–Crippen MR) is 125 cm³/mol. The van der Waals surface area contributed by atoms with Crippen LogP contribution in [0, 0.1) is 0 Å². The van der Waals surface area contributed by atoms with Crippen molar-refractivity contribution in [3.63, 3.8) is 0 Å². The fourth-order valence-electron chi connectivity index (χ4n) is 3.86. The lowest BCUT2D eigenvalue weighted by molar-refractivity contribution is -0.124. The second-order valence-corrected chi connectivity index (χ2v) is 9.69. The molecular formula is C23H22ClN3O4S. The van der Waals surface area contributed by atoms with E-state index in [1.165, 1.54) is 28.6 Å². The van der Waals surface area contributed by atoms with Gasteiger partial charge in [-0.15, -0.1) is 0 Å². The molecule has 1 aliphatic heterocycles. The normalized spacial score (nSPS) is 17.1. The first kappa shape index (κ1) is 22.3. The van der Waals surface area contributed by atoms with Crippen LogP contribution in [0.25, 0.3) is 10.8 Å². The number of rotatable bonds is 6. The van der Waals surface area contributed by atoms with Crippen LogP contribution in [-0.2, 0) is 14.8 Å². The Morgan fingerprint density at radius 2 is 1.84 bits per heavy atom. The van der Waals surface area contributed by atoms with Gasteiger partial charge in [0, 0.05) is 22.5 Å². The van der Waals surface area contributed by atoms with Gasteiger partial charge in [-0.25, -0.2) is 13.8 Å². The Balaban J connectivity index is 1.51. The average molecular weight is 472 g/mol. The van der Waals surface area contributed by atoms with Gasteiger partial charge in [-0.1, -0.05) is 35.9 Å². The minimum atomic E-state index is -3.82. The Morgan fingerprint density at radius 3 is 2.56 bits per heavy atom. The van der Waals surface area contributed by atoms with Crippen LogP contribution in [0.5, 0.6) is 5.75 Å². The molecule has 1 aliphatic rings. The van der Waals surface area contributed by atoms with Crippen molar-refractivity contribution < 1.29 is 17.9 Å². The molecule has 0 bridgehead atoms. The molecule has 1 heterocycles. The zero-order chi connectivity index (χ0) is 22.7. The summed E-state index contributed by atoms with van der Waals surface area (Å²) in [7, 11) is -2.20. The van der Waals surface area contributed by atoms with Gasteiger partial charge >= 0.3 is 0 Å². The molecule has 0 radical (unpaired) electrons. The Morgan fingerprint density at radius 1 is 1.12 bits per heavy atom. The Bertz CT molecular complexity index is 1280. The first-order valence-corrected chi connectivity index (χ1v) is 11.9. The molecule has 0 spiro atoms. The van der Waals surface area contributed by atoms with Crippen molar-refractivity contribution in [2.45, 2.75) is 23.8 Å². The lowest BCUT2D eigenvalue weighted by Crippen LogP contribution is -2.44. The third-order valence-corrected chi connectivity index (χ3v) is 7.62. The van der Waals surface area contributed by atoms with E-state index in [0.29, 0.717) is 17.9 Å². The van der Waals surface area contributed by atoms with Crippen LogP contribution in [0.1, 0.15) is 18.4 Å². The van der Waals surface area contributed by atoms with Gasteiger partial charge in [-0.05, 0) is 54.6 Å². The summed E-state index contributed by atoms with van der Waals surface area (Å²) in [4.78, 5) is 12.9. The van der Waals surface area contributed by atoms with Crippen molar-refractivity contribution in [1.29, 1.82) is 0 Å². The number of amides is 1. The second kappa shape index (κ2) is 9.28. The molecule has 0 aromatic heterocycles. The van der Waals surface area contributed by atoms with E-state index < -0.39 is 22.0 Å². The first-order chi connectivity index (χ1) is 15.4.